The second kappa shape index (κ2) is 2.34. The normalized spacial score (nSPS) is 10.9. The molecule has 0 N–H and O–H groups in total. The van der Waals surface area contributed by atoms with Crippen molar-refractivity contribution in [3.8, 4) is 0 Å². The summed E-state index contributed by atoms with van der Waals surface area (Å²) in [5, 5.41) is 0.998. The van der Waals surface area contributed by atoms with E-state index in [4.69, 9.17) is 0 Å². The van der Waals surface area contributed by atoms with Gasteiger partial charge in [0, 0.05) is 18.0 Å². The highest BCUT2D eigenvalue weighted by molar-refractivity contribution is 5.83. The van der Waals surface area contributed by atoms with Crippen LogP contribution in [0.3, 0.4) is 0 Å². The van der Waals surface area contributed by atoms with Crippen LogP contribution in [0.25, 0.3) is 10.9 Å². The minimum absolute atomic E-state index is 0.142. The number of halogens is 1. The Hall–Kier alpha value is -1.31. The van der Waals surface area contributed by atoms with Gasteiger partial charge in [0.05, 0.1) is 5.52 Å². The molecule has 0 bridgehead atoms. The fraction of sp³-hybridized carbons (Fsp3) is 0.200. The first kappa shape index (κ1) is 7.35. The molecule has 0 fully saturated rings. The lowest BCUT2D eigenvalue weighted by Crippen LogP contribution is -1.90. The van der Waals surface area contributed by atoms with Crippen LogP contribution in [0.1, 0.15) is 5.56 Å². The van der Waals surface area contributed by atoms with Crippen LogP contribution in [0.15, 0.2) is 24.3 Å². The van der Waals surface area contributed by atoms with Gasteiger partial charge in [-0.25, -0.2) is 0 Å². The Bertz CT molecular complexity index is 390. The molecular weight excluding hydrogens is 153 g/mol. The molecular formula is C10H10FN. The van der Waals surface area contributed by atoms with Gasteiger partial charge in [-0.3, -0.25) is 0 Å². The Labute approximate surface area is 70.4 Å². The molecule has 0 saturated heterocycles. The van der Waals surface area contributed by atoms with Crippen LogP contribution >= 0.6 is 0 Å². The predicted octanol–water partition coefficient (Wildman–Crippen LogP) is 2.63. The van der Waals surface area contributed by atoms with E-state index >= 15 is 0 Å². The van der Waals surface area contributed by atoms with Crippen molar-refractivity contribution in [1.29, 1.82) is 0 Å². The van der Waals surface area contributed by atoms with Crippen molar-refractivity contribution in [2.75, 3.05) is 0 Å². The maximum atomic E-state index is 13.3. The highest BCUT2D eigenvalue weighted by Gasteiger charge is 2.08. The first-order chi connectivity index (χ1) is 5.72. The van der Waals surface area contributed by atoms with Crippen molar-refractivity contribution in [2.45, 2.75) is 6.92 Å². The van der Waals surface area contributed by atoms with E-state index in [1.54, 1.807) is 18.5 Å². The van der Waals surface area contributed by atoms with Crippen LogP contribution in [-0.4, -0.2) is 4.57 Å². The lowest BCUT2D eigenvalue weighted by Gasteiger charge is -1.93. The van der Waals surface area contributed by atoms with Gasteiger partial charge in [-0.15, -0.1) is 0 Å². The largest absolute Gasteiger partial charge is 0.321 e. The van der Waals surface area contributed by atoms with Gasteiger partial charge < -0.3 is 4.57 Å². The molecule has 2 rings (SSSR count). The minimum Gasteiger partial charge on any atom is -0.321 e. The van der Waals surface area contributed by atoms with Gasteiger partial charge in [-0.2, -0.15) is 4.39 Å². The van der Waals surface area contributed by atoms with E-state index in [2.05, 4.69) is 0 Å². The summed E-state index contributed by atoms with van der Waals surface area (Å²) in [7, 11) is 1.74. The molecule has 1 nitrogen and oxygen atoms in total. The Morgan fingerprint density at radius 3 is 2.58 bits per heavy atom. The number of hydrogen-bond donors (Lipinski definition) is 0. The number of rotatable bonds is 0. The van der Waals surface area contributed by atoms with Crippen molar-refractivity contribution in [2.24, 2.45) is 7.05 Å². The average molecular weight is 163 g/mol. The molecule has 0 radical (unpaired) electrons. The third kappa shape index (κ3) is 0.779. The van der Waals surface area contributed by atoms with E-state index < -0.39 is 0 Å². The molecule has 0 unspecified atom stereocenters. The Morgan fingerprint density at radius 2 is 1.92 bits per heavy atom. The lowest BCUT2D eigenvalue weighted by atomic mass is 10.2. The molecule has 62 valence electrons. The van der Waals surface area contributed by atoms with Crippen LogP contribution in [0.4, 0.5) is 4.39 Å². The molecule has 0 saturated carbocycles. The molecule has 12 heavy (non-hydrogen) atoms. The second-order valence-corrected chi connectivity index (χ2v) is 2.99. The topological polar surface area (TPSA) is 4.93 Å². The molecule has 2 heteroatoms. The van der Waals surface area contributed by atoms with Gasteiger partial charge >= 0.3 is 0 Å². The number of benzene rings is 1. The summed E-state index contributed by atoms with van der Waals surface area (Å²) in [6, 6.07) is 7.70. The van der Waals surface area contributed by atoms with Gasteiger partial charge in [0.2, 0.25) is 0 Å². The maximum Gasteiger partial charge on any atom is 0.197 e. The van der Waals surface area contributed by atoms with Gasteiger partial charge in [-0.1, -0.05) is 18.2 Å². The number of fused-ring (bicyclic) bond motifs is 1. The maximum absolute atomic E-state index is 13.3. The zero-order valence-corrected chi connectivity index (χ0v) is 7.13. The molecule has 0 aliphatic heterocycles. The summed E-state index contributed by atoms with van der Waals surface area (Å²) in [4.78, 5) is 0. The second-order valence-electron chi connectivity index (χ2n) is 2.99. The average Bonchev–Trinajstić information content (AvgIpc) is 2.33. The third-order valence-corrected chi connectivity index (χ3v) is 2.27. The number of para-hydroxylation sites is 1. The van der Waals surface area contributed by atoms with Crippen molar-refractivity contribution in [3.63, 3.8) is 0 Å². The molecule has 0 amide bonds. The fourth-order valence-corrected chi connectivity index (χ4v) is 1.55. The zero-order chi connectivity index (χ0) is 8.72. The summed E-state index contributed by atoms with van der Waals surface area (Å²) < 4.78 is 14.9. The molecule has 1 aromatic carbocycles. The van der Waals surface area contributed by atoms with Crippen LogP contribution in [-0.2, 0) is 7.05 Å². The smallest absolute Gasteiger partial charge is 0.197 e. The van der Waals surface area contributed by atoms with Crippen molar-refractivity contribution < 1.29 is 4.39 Å². The molecule has 0 atom stereocenters. The van der Waals surface area contributed by atoms with E-state index in [-0.39, 0.29) is 5.95 Å². The van der Waals surface area contributed by atoms with Crippen LogP contribution < -0.4 is 0 Å². The quantitative estimate of drug-likeness (QED) is 0.562. The molecule has 0 aliphatic carbocycles. The van der Waals surface area contributed by atoms with Gasteiger partial charge in [0.25, 0.3) is 0 Å². The van der Waals surface area contributed by atoms with Gasteiger partial charge in [0.15, 0.2) is 5.95 Å². The summed E-state index contributed by atoms with van der Waals surface area (Å²) in [5.41, 5.74) is 1.68. The number of aryl methyl sites for hydroxylation is 2. The standard InChI is InChI=1S/C10H10FN/c1-7-8-5-3-4-6-9(8)12(2)10(7)11/h3-6H,1-2H3. The summed E-state index contributed by atoms with van der Waals surface area (Å²) in [5.74, 6) is -0.142. The van der Waals surface area contributed by atoms with Crippen LogP contribution in [0, 0.1) is 12.9 Å². The number of nitrogens with zero attached hydrogens (tertiary/aromatic N) is 1. The minimum atomic E-state index is -0.142. The van der Waals surface area contributed by atoms with Crippen molar-refractivity contribution >= 4 is 10.9 Å². The van der Waals surface area contributed by atoms with E-state index in [1.165, 1.54) is 0 Å². The number of aromatic nitrogens is 1. The first-order valence-corrected chi connectivity index (χ1v) is 3.91. The SMILES string of the molecule is Cc1c(F)n(C)c2ccccc12. The predicted molar refractivity (Wildman–Crippen MR) is 47.6 cm³/mol. The van der Waals surface area contributed by atoms with Crippen molar-refractivity contribution in [1.82, 2.24) is 4.57 Å². The molecule has 0 spiro atoms. The molecule has 1 heterocycles. The highest BCUT2D eigenvalue weighted by Crippen LogP contribution is 2.22. The van der Waals surface area contributed by atoms with E-state index in [0.29, 0.717) is 0 Å². The Balaban J connectivity index is 2.99. The van der Waals surface area contributed by atoms with Crippen molar-refractivity contribution in [3.05, 3.63) is 35.8 Å². The zero-order valence-electron chi connectivity index (χ0n) is 7.13. The lowest BCUT2D eigenvalue weighted by molar-refractivity contribution is 0.535. The van der Waals surface area contributed by atoms with Crippen LogP contribution in [0.5, 0.6) is 0 Å². The summed E-state index contributed by atoms with van der Waals surface area (Å²) >= 11 is 0. The van der Waals surface area contributed by atoms with Crippen LogP contribution in [0.2, 0.25) is 0 Å². The summed E-state index contributed by atoms with van der Waals surface area (Å²) in [6.07, 6.45) is 0. The van der Waals surface area contributed by atoms with E-state index in [9.17, 15) is 4.39 Å². The Morgan fingerprint density at radius 1 is 1.25 bits per heavy atom. The van der Waals surface area contributed by atoms with E-state index in [1.807, 2.05) is 24.3 Å². The molecule has 2 aromatic rings. The monoisotopic (exact) mass is 163 g/mol. The highest BCUT2D eigenvalue weighted by atomic mass is 19.1. The summed E-state index contributed by atoms with van der Waals surface area (Å²) in [6.45, 7) is 1.80. The molecule has 1 aromatic heterocycles. The third-order valence-electron chi connectivity index (χ3n) is 2.27. The fourth-order valence-electron chi connectivity index (χ4n) is 1.55. The first-order valence-electron chi connectivity index (χ1n) is 3.91. The van der Waals surface area contributed by atoms with Gasteiger partial charge in [0.1, 0.15) is 0 Å². The molecule has 0 aliphatic rings. The van der Waals surface area contributed by atoms with E-state index in [0.717, 1.165) is 16.5 Å². The number of hydrogen-bond acceptors (Lipinski definition) is 0. The van der Waals surface area contributed by atoms with Gasteiger partial charge in [-0.05, 0) is 13.0 Å². The Kier molecular flexibility index (Phi) is 1.43.